The average molecular weight is 390 g/mol. The second kappa shape index (κ2) is 6.33. The van der Waals surface area contributed by atoms with Gasteiger partial charge in [-0.05, 0) is 12.1 Å². The van der Waals surface area contributed by atoms with Crippen LogP contribution in [0.2, 0.25) is 0 Å². The van der Waals surface area contributed by atoms with E-state index in [9.17, 15) is 26.0 Å². The van der Waals surface area contributed by atoms with Gasteiger partial charge in [-0.2, -0.15) is 4.31 Å². The Labute approximate surface area is 146 Å². The molecule has 138 valence electrons. The summed E-state index contributed by atoms with van der Waals surface area (Å²) in [4.78, 5) is 13.1. The molecule has 7 nitrogen and oxygen atoms in total. The minimum absolute atomic E-state index is 0.0565. The van der Waals surface area contributed by atoms with Crippen LogP contribution in [0.1, 0.15) is 13.3 Å². The summed E-state index contributed by atoms with van der Waals surface area (Å²) in [5.74, 6) is -1.73. The lowest BCUT2D eigenvalue weighted by Crippen LogP contribution is -2.61. The zero-order chi connectivity index (χ0) is 18.4. The Balaban J connectivity index is 2.02. The first-order valence-electron chi connectivity index (χ1n) is 7.93. The summed E-state index contributed by atoms with van der Waals surface area (Å²) in [5.41, 5.74) is 0. The molecule has 1 aromatic carbocycles. The van der Waals surface area contributed by atoms with Crippen LogP contribution in [0, 0.1) is 5.82 Å². The molecular weight excluding hydrogens is 371 g/mol. The van der Waals surface area contributed by atoms with Crippen LogP contribution in [-0.2, 0) is 24.7 Å². The highest BCUT2D eigenvalue weighted by molar-refractivity contribution is 7.92. The molecule has 1 aromatic rings. The van der Waals surface area contributed by atoms with Crippen molar-refractivity contribution in [3.05, 3.63) is 30.1 Å². The van der Waals surface area contributed by atoms with Gasteiger partial charge in [0.25, 0.3) is 0 Å². The van der Waals surface area contributed by atoms with Gasteiger partial charge in [-0.1, -0.05) is 19.1 Å². The quantitative estimate of drug-likeness (QED) is 0.737. The van der Waals surface area contributed by atoms with E-state index in [4.69, 9.17) is 0 Å². The topological polar surface area (TPSA) is 91.8 Å². The molecule has 0 aromatic heterocycles. The molecule has 0 saturated carbocycles. The number of hydrogen-bond donors (Lipinski definition) is 0. The summed E-state index contributed by atoms with van der Waals surface area (Å²) in [5, 5.41) is 0. The van der Waals surface area contributed by atoms with Crippen LogP contribution in [-0.4, -0.2) is 68.6 Å². The fourth-order valence-corrected chi connectivity index (χ4v) is 7.30. The Morgan fingerprint density at radius 3 is 2.48 bits per heavy atom. The fraction of sp³-hybridized carbons (Fsp3) is 0.533. The first-order valence-corrected chi connectivity index (χ1v) is 11.2. The SMILES string of the molecule is CCC(=O)N1CCN(S(=O)(=O)c2ccccc2F)[C@@H]2CS(=O)(=O)C[C@@H]21. The summed E-state index contributed by atoms with van der Waals surface area (Å²) >= 11 is 0. The van der Waals surface area contributed by atoms with Gasteiger partial charge in [0.15, 0.2) is 9.84 Å². The molecule has 2 saturated heterocycles. The highest BCUT2D eigenvalue weighted by Crippen LogP contribution is 2.32. The summed E-state index contributed by atoms with van der Waals surface area (Å²) in [6, 6.07) is 3.39. The van der Waals surface area contributed by atoms with Crippen molar-refractivity contribution in [3.8, 4) is 0 Å². The van der Waals surface area contributed by atoms with Crippen LogP contribution in [0.5, 0.6) is 0 Å². The molecule has 2 fully saturated rings. The maximum atomic E-state index is 14.0. The molecule has 2 aliphatic rings. The number of sulfone groups is 1. The van der Waals surface area contributed by atoms with E-state index in [1.54, 1.807) is 6.92 Å². The molecule has 10 heteroatoms. The molecule has 1 amide bonds. The van der Waals surface area contributed by atoms with Crippen molar-refractivity contribution in [1.82, 2.24) is 9.21 Å². The highest BCUT2D eigenvalue weighted by atomic mass is 32.2. The molecule has 2 heterocycles. The van der Waals surface area contributed by atoms with Crippen molar-refractivity contribution in [3.63, 3.8) is 0 Å². The van der Waals surface area contributed by atoms with Gasteiger partial charge in [0.2, 0.25) is 15.9 Å². The molecule has 2 aliphatic heterocycles. The minimum Gasteiger partial charge on any atom is -0.336 e. The number of fused-ring (bicyclic) bond motifs is 1. The largest absolute Gasteiger partial charge is 0.336 e. The van der Waals surface area contributed by atoms with E-state index >= 15 is 0 Å². The molecule has 0 bridgehead atoms. The molecule has 0 aliphatic carbocycles. The van der Waals surface area contributed by atoms with E-state index in [0.717, 1.165) is 16.4 Å². The van der Waals surface area contributed by atoms with E-state index < -0.39 is 42.7 Å². The number of hydrogen-bond acceptors (Lipinski definition) is 5. The molecule has 0 unspecified atom stereocenters. The number of nitrogens with zero attached hydrogens (tertiary/aromatic N) is 2. The molecule has 2 atom stereocenters. The zero-order valence-corrected chi connectivity index (χ0v) is 15.3. The number of rotatable bonds is 3. The summed E-state index contributed by atoms with van der Waals surface area (Å²) in [6.07, 6.45) is 0.212. The molecule has 0 spiro atoms. The van der Waals surface area contributed by atoms with Gasteiger partial charge in [0.05, 0.1) is 23.6 Å². The van der Waals surface area contributed by atoms with Crippen molar-refractivity contribution in [2.45, 2.75) is 30.3 Å². The predicted octanol–water partition coefficient (Wildman–Crippen LogP) is 0.234. The summed E-state index contributed by atoms with van der Waals surface area (Å²) in [6.45, 7) is 1.71. The normalized spacial score (nSPS) is 26.4. The second-order valence-electron chi connectivity index (χ2n) is 6.20. The lowest BCUT2D eigenvalue weighted by Gasteiger charge is -2.42. The number of benzene rings is 1. The average Bonchev–Trinajstić information content (AvgIpc) is 2.87. The molecule has 3 rings (SSSR count). The molecule has 25 heavy (non-hydrogen) atoms. The van der Waals surface area contributed by atoms with E-state index in [0.29, 0.717) is 0 Å². The van der Waals surface area contributed by atoms with Gasteiger partial charge >= 0.3 is 0 Å². The van der Waals surface area contributed by atoms with Crippen molar-refractivity contribution in [2.75, 3.05) is 24.6 Å². The Morgan fingerprint density at radius 1 is 1.20 bits per heavy atom. The van der Waals surface area contributed by atoms with E-state index in [-0.39, 0.29) is 36.9 Å². The number of piperazine rings is 1. The van der Waals surface area contributed by atoms with Crippen LogP contribution in [0.3, 0.4) is 0 Å². The van der Waals surface area contributed by atoms with Crippen molar-refractivity contribution in [2.24, 2.45) is 0 Å². The van der Waals surface area contributed by atoms with Gasteiger partial charge < -0.3 is 4.90 Å². The summed E-state index contributed by atoms with van der Waals surface area (Å²) in [7, 11) is -7.68. The van der Waals surface area contributed by atoms with E-state index in [1.165, 1.54) is 17.0 Å². The zero-order valence-electron chi connectivity index (χ0n) is 13.6. The van der Waals surface area contributed by atoms with Crippen molar-refractivity contribution in [1.29, 1.82) is 0 Å². The lowest BCUT2D eigenvalue weighted by atomic mass is 10.1. The van der Waals surface area contributed by atoms with Crippen LogP contribution in [0.15, 0.2) is 29.2 Å². The van der Waals surface area contributed by atoms with Crippen molar-refractivity contribution < 1.29 is 26.0 Å². The van der Waals surface area contributed by atoms with Crippen LogP contribution in [0.4, 0.5) is 4.39 Å². The smallest absolute Gasteiger partial charge is 0.246 e. The predicted molar refractivity (Wildman–Crippen MR) is 88.5 cm³/mol. The van der Waals surface area contributed by atoms with Crippen molar-refractivity contribution >= 4 is 25.8 Å². The third-order valence-corrected chi connectivity index (χ3v) is 8.33. The maximum absolute atomic E-state index is 14.0. The maximum Gasteiger partial charge on any atom is 0.246 e. The van der Waals surface area contributed by atoms with Gasteiger partial charge in [-0.15, -0.1) is 0 Å². The third-order valence-electron chi connectivity index (χ3n) is 4.67. The number of amides is 1. The third kappa shape index (κ3) is 3.18. The molecule has 0 radical (unpaired) electrons. The molecule has 0 N–H and O–H groups in total. The first kappa shape index (κ1) is 18.3. The van der Waals surface area contributed by atoms with Gasteiger partial charge in [0, 0.05) is 19.5 Å². The van der Waals surface area contributed by atoms with Gasteiger partial charge in [0.1, 0.15) is 10.7 Å². The van der Waals surface area contributed by atoms with Crippen LogP contribution >= 0.6 is 0 Å². The number of carbonyl (C=O) groups is 1. The number of halogens is 1. The number of sulfonamides is 1. The Morgan fingerprint density at radius 2 is 1.84 bits per heavy atom. The van der Waals surface area contributed by atoms with Crippen LogP contribution in [0.25, 0.3) is 0 Å². The minimum atomic E-state index is -4.20. The molecular formula is C15H19FN2O5S2. The Hall–Kier alpha value is -1.52. The Bertz CT molecular complexity index is 900. The highest BCUT2D eigenvalue weighted by Gasteiger charge is 2.51. The van der Waals surface area contributed by atoms with Crippen LogP contribution < -0.4 is 0 Å². The van der Waals surface area contributed by atoms with Gasteiger partial charge in [-0.3, -0.25) is 4.79 Å². The van der Waals surface area contributed by atoms with E-state index in [2.05, 4.69) is 0 Å². The fourth-order valence-electron chi connectivity index (χ4n) is 3.51. The first-order chi connectivity index (χ1) is 11.7. The Kier molecular flexibility index (Phi) is 4.63. The van der Waals surface area contributed by atoms with E-state index in [1.807, 2.05) is 0 Å². The monoisotopic (exact) mass is 390 g/mol. The standard InChI is InChI=1S/C15H19FN2O5S2/c1-2-15(19)17-7-8-18(13-10-24(20,21)9-12(13)17)25(22,23)14-6-4-3-5-11(14)16/h3-6,12-13H,2,7-10H2,1H3/t12-,13+/m0/s1. The van der Waals surface area contributed by atoms with Gasteiger partial charge in [-0.25, -0.2) is 21.2 Å². The summed E-state index contributed by atoms with van der Waals surface area (Å²) < 4.78 is 65.0. The lowest BCUT2D eigenvalue weighted by molar-refractivity contribution is -0.135. The second-order valence-corrected chi connectivity index (χ2v) is 10.2. The number of carbonyl (C=O) groups excluding carboxylic acids is 1.